The molecule has 0 aliphatic heterocycles. The molecular formula is C18H17N3O4. The zero-order chi connectivity index (χ0) is 17.6. The number of rotatable bonds is 6. The van der Waals surface area contributed by atoms with E-state index in [9.17, 15) is 14.7 Å². The van der Waals surface area contributed by atoms with Gasteiger partial charge in [-0.15, -0.1) is 0 Å². The van der Waals surface area contributed by atoms with Crippen molar-refractivity contribution in [2.75, 3.05) is 11.9 Å². The first-order chi connectivity index (χ1) is 12.2. The largest absolute Gasteiger partial charge is 0.394 e. The second-order valence-electron chi connectivity index (χ2n) is 5.53. The highest BCUT2D eigenvalue weighted by Gasteiger charge is 2.20. The van der Waals surface area contributed by atoms with Gasteiger partial charge in [-0.1, -0.05) is 47.6 Å². The lowest BCUT2D eigenvalue weighted by molar-refractivity contribution is -0.126. The van der Waals surface area contributed by atoms with Crippen LogP contribution in [0.15, 0.2) is 59.3 Å². The summed E-state index contributed by atoms with van der Waals surface area (Å²) in [4.78, 5) is 24.2. The fourth-order valence-electron chi connectivity index (χ4n) is 2.46. The van der Waals surface area contributed by atoms with Crippen LogP contribution in [0.2, 0.25) is 0 Å². The van der Waals surface area contributed by atoms with Crippen molar-refractivity contribution in [3.05, 3.63) is 60.4 Å². The van der Waals surface area contributed by atoms with Crippen molar-refractivity contribution in [1.82, 2.24) is 10.5 Å². The zero-order valence-corrected chi connectivity index (χ0v) is 13.3. The van der Waals surface area contributed by atoms with Crippen LogP contribution >= 0.6 is 0 Å². The van der Waals surface area contributed by atoms with Gasteiger partial charge in [0.25, 0.3) is 5.91 Å². The number of anilines is 1. The van der Waals surface area contributed by atoms with E-state index in [1.165, 1.54) is 12.3 Å². The monoisotopic (exact) mass is 339 g/mol. The number of aliphatic hydroxyl groups excluding tert-OH is 1. The Balaban J connectivity index is 1.62. The summed E-state index contributed by atoms with van der Waals surface area (Å²) in [6.45, 7) is -0.521. The molecule has 1 aromatic heterocycles. The third-order valence-electron chi connectivity index (χ3n) is 3.70. The Hall–Kier alpha value is -3.19. The zero-order valence-electron chi connectivity index (χ0n) is 13.3. The lowest BCUT2D eigenvalue weighted by Gasteiger charge is -2.15. The van der Waals surface area contributed by atoms with Crippen LogP contribution in [0.5, 0.6) is 0 Å². The molecule has 0 spiro atoms. The van der Waals surface area contributed by atoms with Crippen molar-refractivity contribution in [2.45, 2.75) is 12.5 Å². The Kier molecular flexibility index (Phi) is 5.06. The van der Waals surface area contributed by atoms with Gasteiger partial charge >= 0.3 is 0 Å². The van der Waals surface area contributed by atoms with Gasteiger partial charge < -0.3 is 20.3 Å². The van der Waals surface area contributed by atoms with Gasteiger partial charge in [-0.25, -0.2) is 0 Å². The lowest BCUT2D eigenvalue weighted by atomic mass is 10.0. The summed E-state index contributed by atoms with van der Waals surface area (Å²) in [6, 6.07) is 14.0. The number of carbonyl (C=O) groups is 2. The molecule has 7 nitrogen and oxygen atoms in total. The van der Waals surface area contributed by atoms with Crippen LogP contribution in [-0.4, -0.2) is 34.7 Å². The van der Waals surface area contributed by atoms with Crippen LogP contribution in [0.1, 0.15) is 5.56 Å². The highest BCUT2D eigenvalue weighted by atomic mass is 16.5. The molecule has 2 aromatic carbocycles. The summed E-state index contributed by atoms with van der Waals surface area (Å²) >= 11 is 0. The maximum Gasteiger partial charge on any atom is 0.250 e. The average Bonchev–Trinajstić information content (AvgIpc) is 3.12. The van der Waals surface area contributed by atoms with Crippen molar-refractivity contribution in [1.29, 1.82) is 0 Å². The number of benzene rings is 2. The van der Waals surface area contributed by atoms with Crippen LogP contribution in [0.3, 0.4) is 0 Å². The topological polar surface area (TPSA) is 104 Å². The van der Waals surface area contributed by atoms with Gasteiger partial charge in [0.15, 0.2) is 5.82 Å². The predicted octanol–water partition coefficient (Wildman–Crippen LogP) is 1.49. The molecule has 3 rings (SSSR count). The fraction of sp³-hybridized carbons (Fsp3) is 0.167. The number of aromatic nitrogens is 1. The Morgan fingerprint density at radius 1 is 1.12 bits per heavy atom. The van der Waals surface area contributed by atoms with Crippen molar-refractivity contribution in [2.24, 2.45) is 0 Å². The Bertz CT molecular complexity index is 877. The first-order valence-corrected chi connectivity index (χ1v) is 7.75. The molecule has 0 saturated heterocycles. The minimum atomic E-state index is -1.07. The van der Waals surface area contributed by atoms with Crippen molar-refractivity contribution < 1.29 is 19.2 Å². The molecule has 0 fully saturated rings. The smallest absolute Gasteiger partial charge is 0.250 e. The minimum Gasteiger partial charge on any atom is -0.394 e. The first kappa shape index (κ1) is 16.7. The lowest BCUT2D eigenvalue weighted by Crippen LogP contribution is -2.46. The highest BCUT2D eigenvalue weighted by Crippen LogP contribution is 2.16. The van der Waals surface area contributed by atoms with E-state index in [0.717, 1.165) is 16.3 Å². The molecule has 25 heavy (non-hydrogen) atoms. The second kappa shape index (κ2) is 7.59. The van der Waals surface area contributed by atoms with Gasteiger partial charge in [0.2, 0.25) is 5.91 Å². The van der Waals surface area contributed by atoms with Gasteiger partial charge in [0.1, 0.15) is 12.3 Å². The molecule has 3 aromatic rings. The molecule has 0 aliphatic rings. The SMILES string of the molecule is O=C(Cc1ccc2ccccc2c1)N[C@@H](CO)C(=O)Nc1ccon1. The molecule has 0 saturated carbocycles. The maximum absolute atomic E-state index is 12.2. The molecule has 0 unspecified atom stereocenters. The third-order valence-corrected chi connectivity index (χ3v) is 3.70. The number of aliphatic hydroxyl groups is 1. The van der Waals surface area contributed by atoms with Crippen LogP contribution in [0, 0.1) is 0 Å². The van der Waals surface area contributed by atoms with Crippen molar-refractivity contribution >= 4 is 28.4 Å². The summed E-state index contributed by atoms with van der Waals surface area (Å²) < 4.78 is 4.61. The number of carbonyl (C=O) groups excluding carboxylic acids is 2. The molecule has 3 N–H and O–H groups in total. The molecule has 128 valence electrons. The van der Waals surface area contributed by atoms with Crippen LogP contribution in [0.4, 0.5) is 5.82 Å². The number of nitrogens with zero attached hydrogens (tertiary/aromatic N) is 1. The average molecular weight is 339 g/mol. The Morgan fingerprint density at radius 2 is 1.92 bits per heavy atom. The van der Waals surface area contributed by atoms with E-state index in [4.69, 9.17) is 0 Å². The molecular weight excluding hydrogens is 322 g/mol. The van der Waals surface area contributed by atoms with E-state index in [1.54, 1.807) is 0 Å². The minimum absolute atomic E-state index is 0.110. The standard InChI is InChI=1S/C18H17N3O4/c22-11-15(18(24)20-16-7-8-25-21-16)19-17(23)10-12-5-6-13-3-1-2-4-14(13)9-12/h1-9,15,22H,10-11H2,(H,19,23)(H,20,21,24)/t15-/m0/s1. The van der Waals surface area contributed by atoms with Gasteiger partial charge in [-0.3, -0.25) is 9.59 Å². The molecule has 0 bridgehead atoms. The van der Waals surface area contributed by atoms with E-state index in [2.05, 4.69) is 20.3 Å². The number of fused-ring (bicyclic) bond motifs is 1. The molecule has 1 heterocycles. The molecule has 2 amide bonds. The Morgan fingerprint density at radius 3 is 2.64 bits per heavy atom. The Labute approximate surface area is 143 Å². The summed E-state index contributed by atoms with van der Waals surface area (Å²) in [7, 11) is 0. The number of hydrogen-bond acceptors (Lipinski definition) is 5. The van der Waals surface area contributed by atoms with Crippen molar-refractivity contribution in [3.63, 3.8) is 0 Å². The quantitative estimate of drug-likeness (QED) is 0.631. The van der Waals surface area contributed by atoms with E-state index >= 15 is 0 Å². The van der Waals surface area contributed by atoms with Crippen LogP contribution in [0.25, 0.3) is 10.8 Å². The van der Waals surface area contributed by atoms with Crippen molar-refractivity contribution in [3.8, 4) is 0 Å². The third kappa shape index (κ3) is 4.21. The summed E-state index contributed by atoms with van der Waals surface area (Å²) in [6.07, 6.45) is 1.42. The molecule has 0 aliphatic carbocycles. The van der Waals surface area contributed by atoms with Gasteiger partial charge in [0.05, 0.1) is 13.0 Å². The summed E-state index contributed by atoms with van der Waals surface area (Å²) in [5.74, 6) is -0.708. The van der Waals surface area contributed by atoms with E-state index in [1.807, 2.05) is 42.5 Å². The number of hydrogen-bond donors (Lipinski definition) is 3. The maximum atomic E-state index is 12.2. The van der Waals surface area contributed by atoms with E-state index < -0.39 is 18.6 Å². The summed E-state index contributed by atoms with van der Waals surface area (Å²) in [5.41, 5.74) is 0.824. The highest BCUT2D eigenvalue weighted by molar-refractivity contribution is 5.97. The van der Waals surface area contributed by atoms with Crippen LogP contribution in [-0.2, 0) is 16.0 Å². The molecule has 1 atom stereocenters. The van der Waals surface area contributed by atoms with Gasteiger partial charge in [-0.05, 0) is 16.3 Å². The summed E-state index contributed by atoms with van der Waals surface area (Å²) in [5, 5.41) is 20.0. The molecule has 7 heteroatoms. The first-order valence-electron chi connectivity index (χ1n) is 7.75. The normalized spacial score (nSPS) is 11.9. The second-order valence-corrected chi connectivity index (χ2v) is 5.53. The van der Waals surface area contributed by atoms with Crippen LogP contribution < -0.4 is 10.6 Å². The predicted molar refractivity (Wildman–Crippen MR) is 91.8 cm³/mol. The fourth-order valence-corrected chi connectivity index (χ4v) is 2.46. The van der Waals surface area contributed by atoms with Gasteiger partial charge in [0, 0.05) is 6.07 Å². The number of nitrogens with one attached hydrogen (secondary N) is 2. The number of amides is 2. The van der Waals surface area contributed by atoms with E-state index in [0.29, 0.717) is 0 Å². The van der Waals surface area contributed by atoms with E-state index in [-0.39, 0.29) is 18.1 Å². The molecule has 0 radical (unpaired) electrons. The van der Waals surface area contributed by atoms with Gasteiger partial charge in [-0.2, -0.15) is 0 Å².